The van der Waals surface area contributed by atoms with Gasteiger partial charge in [-0.1, -0.05) is 18.2 Å². The van der Waals surface area contributed by atoms with E-state index in [0.29, 0.717) is 30.0 Å². The minimum absolute atomic E-state index is 0.000475. The number of hydrogen-bond donors (Lipinski definition) is 2. The second-order valence-electron chi connectivity index (χ2n) is 9.77. The van der Waals surface area contributed by atoms with Crippen LogP contribution in [0, 0.1) is 25.2 Å². The number of rotatable bonds is 5. The molecule has 3 N–H and O–H groups in total. The highest BCUT2D eigenvalue weighted by atomic mass is 16.2. The lowest BCUT2D eigenvalue weighted by molar-refractivity contribution is -0.120. The molecule has 1 aliphatic rings. The number of nitrogens with two attached hydrogens (primary N) is 1. The average Bonchev–Trinajstić information content (AvgIpc) is 2.90. The molecule has 38 heavy (non-hydrogen) atoms. The molecule has 3 amide bonds. The zero-order valence-electron chi connectivity index (χ0n) is 21.8. The van der Waals surface area contributed by atoms with Crippen LogP contribution in [0.15, 0.2) is 48.5 Å². The lowest BCUT2D eigenvalue weighted by Gasteiger charge is -2.27. The van der Waals surface area contributed by atoms with Gasteiger partial charge in [0.15, 0.2) is 0 Å². The van der Waals surface area contributed by atoms with E-state index in [1.807, 2.05) is 6.92 Å². The molecule has 0 unspecified atom stereocenters. The third-order valence-electron chi connectivity index (χ3n) is 6.42. The van der Waals surface area contributed by atoms with Crippen LogP contribution in [0.3, 0.4) is 0 Å². The maximum Gasteiger partial charge on any atom is 0.284 e. The molecule has 2 aromatic carbocycles. The second-order valence-corrected chi connectivity index (χ2v) is 9.77. The molecule has 0 bridgehead atoms. The van der Waals surface area contributed by atoms with Crippen molar-refractivity contribution in [3.8, 4) is 6.07 Å². The molecule has 2 heterocycles. The Balaban J connectivity index is 1.80. The zero-order valence-corrected chi connectivity index (χ0v) is 21.8. The molecule has 1 fully saturated rings. The van der Waals surface area contributed by atoms with E-state index >= 15 is 0 Å². The molecule has 4 rings (SSSR count). The highest BCUT2D eigenvalue weighted by molar-refractivity contribution is 6.25. The molecular formula is C28H29N7O3. The number of benzene rings is 2. The van der Waals surface area contributed by atoms with Gasteiger partial charge in [-0.25, -0.2) is 14.9 Å². The summed E-state index contributed by atoms with van der Waals surface area (Å²) in [6.45, 7) is 8.04. The van der Waals surface area contributed by atoms with Gasteiger partial charge >= 0.3 is 0 Å². The topological polar surface area (TPSA) is 145 Å². The number of amides is 3. The number of hydrogen-bond acceptors (Lipinski definition) is 8. The maximum atomic E-state index is 14.0. The van der Waals surface area contributed by atoms with Crippen LogP contribution in [-0.4, -0.2) is 47.3 Å². The van der Waals surface area contributed by atoms with E-state index in [1.165, 1.54) is 6.07 Å². The smallest absolute Gasteiger partial charge is 0.284 e. The average molecular weight is 512 g/mol. The third-order valence-corrected chi connectivity index (χ3v) is 6.42. The van der Waals surface area contributed by atoms with Crippen molar-refractivity contribution in [3.63, 3.8) is 0 Å². The summed E-state index contributed by atoms with van der Waals surface area (Å²) in [6.07, 6.45) is 0. The van der Waals surface area contributed by atoms with Crippen molar-refractivity contribution in [1.82, 2.24) is 15.3 Å². The lowest BCUT2D eigenvalue weighted by Crippen LogP contribution is -2.48. The first-order valence-electron chi connectivity index (χ1n) is 12.1. The Morgan fingerprint density at radius 3 is 2.55 bits per heavy atom. The number of anilines is 3. The van der Waals surface area contributed by atoms with E-state index < -0.39 is 17.2 Å². The van der Waals surface area contributed by atoms with Crippen molar-refractivity contribution in [3.05, 3.63) is 76.6 Å². The molecule has 194 valence electrons. The molecule has 1 aromatic heterocycles. The molecular weight excluding hydrogens is 482 g/mol. The molecule has 0 saturated carbocycles. The first kappa shape index (κ1) is 26.3. The van der Waals surface area contributed by atoms with Gasteiger partial charge in [0.2, 0.25) is 11.9 Å². The normalized spacial score (nSPS) is 13.4. The van der Waals surface area contributed by atoms with Gasteiger partial charge in [0.25, 0.3) is 11.8 Å². The van der Waals surface area contributed by atoms with Gasteiger partial charge in [-0.2, -0.15) is 5.26 Å². The number of aromatic nitrogens is 2. The number of piperazine rings is 1. The molecule has 0 atom stereocenters. The fraction of sp³-hybridized carbons (Fsp3) is 0.286. The summed E-state index contributed by atoms with van der Waals surface area (Å²) in [5.74, 6) is -1.20. The van der Waals surface area contributed by atoms with Crippen LogP contribution in [0.1, 0.15) is 51.5 Å². The van der Waals surface area contributed by atoms with Gasteiger partial charge in [0, 0.05) is 30.0 Å². The Kier molecular flexibility index (Phi) is 7.12. The van der Waals surface area contributed by atoms with Gasteiger partial charge in [-0.3, -0.25) is 14.4 Å². The quantitative estimate of drug-likeness (QED) is 0.393. The van der Waals surface area contributed by atoms with Crippen LogP contribution in [0.2, 0.25) is 0 Å². The SMILES string of the molecule is Cc1cc(C(=O)N(C(=O)c2cccc(C(C)(C)C#N)c2)c2ccc(C)c(N)c2)nc(N2CCNC(=O)C2)n1. The molecule has 0 aliphatic carbocycles. The molecule has 10 heteroatoms. The highest BCUT2D eigenvalue weighted by Crippen LogP contribution is 2.27. The molecule has 10 nitrogen and oxygen atoms in total. The Labute approximate surface area is 221 Å². The summed E-state index contributed by atoms with van der Waals surface area (Å²) in [7, 11) is 0. The zero-order chi connectivity index (χ0) is 27.6. The Bertz CT molecular complexity index is 1480. The molecule has 3 aromatic rings. The van der Waals surface area contributed by atoms with Gasteiger partial charge in [-0.05, 0) is 69.2 Å². The molecule has 0 radical (unpaired) electrons. The van der Waals surface area contributed by atoms with Crippen LogP contribution in [0.4, 0.5) is 17.3 Å². The summed E-state index contributed by atoms with van der Waals surface area (Å²) in [5.41, 5.74) is 8.20. The third kappa shape index (κ3) is 5.32. The van der Waals surface area contributed by atoms with Crippen LogP contribution < -0.4 is 20.9 Å². The van der Waals surface area contributed by atoms with E-state index in [9.17, 15) is 19.6 Å². The van der Waals surface area contributed by atoms with E-state index in [2.05, 4.69) is 21.4 Å². The van der Waals surface area contributed by atoms with Gasteiger partial charge < -0.3 is 16.0 Å². The van der Waals surface area contributed by atoms with Crippen LogP contribution >= 0.6 is 0 Å². The van der Waals surface area contributed by atoms with Crippen molar-refractivity contribution >= 4 is 35.0 Å². The minimum atomic E-state index is -0.835. The number of nitrogen functional groups attached to an aromatic ring is 1. The second kappa shape index (κ2) is 10.3. The number of carbonyl (C=O) groups excluding carboxylic acids is 3. The minimum Gasteiger partial charge on any atom is -0.398 e. The summed E-state index contributed by atoms with van der Waals surface area (Å²) < 4.78 is 0. The van der Waals surface area contributed by atoms with E-state index in [1.54, 1.807) is 68.1 Å². The molecule has 1 saturated heterocycles. The van der Waals surface area contributed by atoms with Crippen molar-refractivity contribution in [1.29, 1.82) is 5.26 Å². The predicted octanol–water partition coefficient (Wildman–Crippen LogP) is 2.90. The van der Waals surface area contributed by atoms with E-state index in [-0.39, 0.29) is 35.3 Å². The number of carbonyl (C=O) groups is 3. The van der Waals surface area contributed by atoms with E-state index in [4.69, 9.17) is 5.73 Å². The van der Waals surface area contributed by atoms with Crippen molar-refractivity contribution in [2.45, 2.75) is 33.1 Å². The first-order valence-corrected chi connectivity index (χ1v) is 12.1. The summed E-state index contributed by atoms with van der Waals surface area (Å²) in [6, 6.07) is 15.4. The summed E-state index contributed by atoms with van der Waals surface area (Å²) in [4.78, 5) is 51.4. The number of nitrogens with one attached hydrogen (secondary N) is 1. The van der Waals surface area contributed by atoms with Crippen LogP contribution in [-0.2, 0) is 10.2 Å². The standard InChI is InChI=1S/C28H29N7O3/c1-17-8-9-21(14-22(17)30)35(25(37)19-6-5-7-20(13-19)28(3,4)16-29)26(38)23-12-18(2)32-27(33-23)34-11-10-31-24(36)15-34/h5-9,12-14H,10-11,15,30H2,1-4H3,(H,31,36). The monoisotopic (exact) mass is 511 g/mol. The molecule has 1 aliphatic heterocycles. The van der Waals surface area contributed by atoms with Gasteiger partial charge in [-0.15, -0.1) is 0 Å². The Morgan fingerprint density at radius 1 is 1.11 bits per heavy atom. The Hall–Kier alpha value is -4.78. The number of nitrogens with zero attached hydrogens (tertiary/aromatic N) is 5. The number of aryl methyl sites for hydroxylation is 2. The predicted molar refractivity (Wildman–Crippen MR) is 144 cm³/mol. The van der Waals surface area contributed by atoms with Crippen molar-refractivity contribution in [2.24, 2.45) is 0 Å². The summed E-state index contributed by atoms with van der Waals surface area (Å²) in [5, 5.41) is 12.3. The number of nitriles is 1. The highest BCUT2D eigenvalue weighted by Gasteiger charge is 2.30. The molecule has 0 spiro atoms. The van der Waals surface area contributed by atoms with Crippen LogP contribution in [0.25, 0.3) is 0 Å². The lowest BCUT2D eigenvalue weighted by atomic mass is 9.85. The van der Waals surface area contributed by atoms with Gasteiger partial charge in [0.1, 0.15) is 5.69 Å². The van der Waals surface area contributed by atoms with Crippen LogP contribution in [0.5, 0.6) is 0 Å². The fourth-order valence-corrected chi connectivity index (χ4v) is 4.06. The van der Waals surface area contributed by atoms with Crippen molar-refractivity contribution < 1.29 is 14.4 Å². The maximum absolute atomic E-state index is 14.0. The fourth-order valence-electron chi connectivity index (χ4n) is 4.06. The number of imide groups is 1. The van der Waals surface area contributed by atoms with E-state index in [0.717, 1.165) is 10.5 Å². The largest absolute Gasteiger partial charge is 0.398 e. The first-order chi connectivity index (χ1) is 18.0. The van der Waals surface area contributed by atoms with Gasteiger partial charge in [0.05, 0.1) is 23.7 Å². The van der Waals surface area contributed by atoms with Crippen molar-refractivity contribution in [2.75, 3.05) is 35.2 Å². The summed E-state index contributed by atoms with van der Waals surface area (Å²) >= 11 is 0. The Morgan fingerprint density at radius 2 is 1.87 bits per heavy atom.